The molecule has 294 valence electrons. The summed E-state index contributed by atoms with van der Waals surface area (Å²) < 4.78 is 4.77. The Kier molecular flexibility index (Phi) is 8.20. The van der Waals surface area contributed by atoms with Crippen molar-refractivity contribution in [3.63, 3.8) is 0 Å². The van der Waals surface area contributed by atoms with Crippen LogP contribution in [0.4, 0.5) is 17.1 Å². The summed E-state index contributed by atoms with van der Waals surface area (Å²) in [6.45, 7) is 4.71. The van der Waals surface area contributed by atoms with E-state index in [0.717, 1.165) is 28.4 Å². The van der Waals surface area contributed by atoms with Crippen molar-refractivity contribution in [1.82, 2.24) is 9.13 Å². The molecule has 1 aliphatic rings. The van der Waals surface area contributed by atoms with E-state index >= 15 is 0 Å². The van der Waals surface area contributed by atoms with Crippen LogP contribution in [0.15, 0.2) is 225 Å². The fourth-order valence-corrected chi connectivity index (χ4v) is 10.1. The van der Waals surface area contributed by atoms with Crippen molar-refractivity contribution in [3.05, 3.63) is 236 Å². The molecule has 0 N–H and O–H groups in total. The Morgan fingerprint density at radius 2 is 0.952 bits per heavy atom. The van der Waals surface area contributed by atoms with Gasteiger partial charge < -0.3 is 14.0 Å². The van der Waals surface area contributed by atoms with Gasteiger partial charge in [0.05, 0.1) is 16.6 Å². The molecule has 3 heteroatoms. The summed E-state index contributed by atoms with van der Waals surface area (Å²) in [5.41, 5.74) is 19.3. The zero-order valence-electron chi connectivity index (χ0n) is 34.7. The standard InChI is InChI=1S/C59H43N3/c1-59(2)54-21-13-12-20-50(54)51-34-32-49(39-55(51)59)61(47-28-22-41(23-29-47)40-14-6-3-7-15-40)48-30-24-42(25-31-48)44-27-35-56-53(38-44)52-33-26-43-36-37-60(45-16-8-4-9-17-45)57(43)58(52)62(56)46-18-10-5-11-19-46/h3-39H,1-2H3. The van der Waals surface area contributed by atoms with Crippen molar-refractivity contribution in [1.29, 1.82) is 0 Å². The number of hydrogen-bond donors (Lipinski definition) is 0. The van der Waals surface area contributed by atoms with Crippen LogP contribution in [-0.2, 0) is 5.41 Å². The van der Waals surface area contributed by atoms with Gasteiger partial charge >= 0.3 is 0 Å². The van der Waals surface area contributed by atoms with Crippen molar-refractivity contribution >= 4 is 49.8 Å². The summed E-state index contributed by atoms with van der Waals surface area (Å²) >= 11 is 0. The van der Waals surface area contributed by atoms with Crippen LogP contribution in [0.25, 0.3) is 77.5 Å². The molecule has 2 aromatic heterocycles. The van der Waals surface area contributed by atoms with Gasteiger partial charge in [0.25, 0.3) is 0 Å². The van der Waals surface area contributed by atoms with Crippen molar-refractivity contribution in [2.45, 2.75) is 19.3 Å². The van der Waals surface area contributed by atoms with Crippen LogP contribution in [0.5, 0.6) is 0 Å². The van der Waals surface area contributed by atoms with Crippen LogP contribution in [0.3, 0.4) is 0 Å². The first-order valence-electron chi connectivity index (χ1n) is 21.5. The molecule has 0 unspecified atom stereocenters. The van der Waals surface area contributed by atoms with E-state index in [1.165, 1.54) is 77.2 Å². The van der Waals surface area contributed by atoms with Crippen molar-refractivity contribution in [2.75, 3.05) is 4.90 Å². The van der Waals surface area contributed by atoms with Crippen LogP contribution >= 0.6 is 0 Å². The van der Waals surface area contributed by atoms with Crippen LogP contribution in [0.1, 0.15) is 25.0 Å². The van der Waals surface area contributed by atoms with Gasteiger partial charge in [-0.15, -0.1) is 0 Å². The first-order chi connectivity index (χ1) is 30.5. The van der Waals surface area contributed by atoms with E-state index in [0.29, 0.717) is 0 Å². The highest BCUT2D eigenvalue weighted by atomic mass is 15.1. The Bertz CT molecular complexity index is 3450. The van der Waals surface area contributed by atoms with Gasteiger partial charge in [0, 0.05) is 56.2 Å². The minimum Gasteiger partial charge on any atom is -0.315 e. The van der Waals surface area contributed by atoms with Gasteiger partial charge in [0.1, 0.15) is 0 Å². The molecular formula is C59H43N3. The van der Waals surface area contributed by atoms with Gasteiger partial charge in [0.15, 0.2) is 0 Å². The van der Waals surface area contributed by atoms with Gasteiger partial charge in [0.2, 0.25) is 0 Å². The van der Waals surface area contributed by atoms with Crippen LogP contribution < -0.4 is 4.90 Å². The number of benzene rings is 9. The molecule has 3 nitrogen and oxygen atoms in total. The highest BCUT2D eigenvalue weighted by Gasteiger charge is 2.35. The zero-order chi connectivity index (χ0) is 41.4. The van der Waals surface area contributed by atoms with E-state index in [2.05, 4.69) is 252 Å². The van der Waals surface area contributed by atoms with Crippen LogP contribution in [0, 0.1) is 0 Å². The minimum atomic E-state index is -0.104. The average molecular weight is 794 g/mol. The molecule has 0 saturated heterocycles. The van der Waals surface area contributed by atoms with Gasteiger partial charge in [-0.3, -0.25) is 0 Å². The van der Waals surface area contributed by atoms with Gasteiger partial charge in [-0.25, -0.2) is 0 Å². The molecule has 0 amide bonds. The van der Waals surface area contributed by atoms with Crippen LogP contribution in [0.2, 0.25) is 0 Å². The maximum atomic E-state index is 2.44. The average Bonchev–Trinajstić information content (AvgIpc) is 3.98. The quantitative estimate of drug-likeness (QED) is 0.157. The highest BCUT2D eigenvalue weighted by molar-refractivity contribution is 6.18. The summed E-state index contributed by atoms with van der Waals surface area (Å²) in [6.07, 6.45) is 2.20. The molecule has 0 spiro atoms. The molecule has 0 fully saturated rings. The second kappa shape index (κ2) is 14.1. The van der Waals surface area contributed by atoms with E-state index < -0.39 is 0 Å². The second-order valence-electron chi connectivity index (χ2n) is 17.0. The Balaban J connectivity index is 0.984. The molecule has 0 bridgehead atoms. The zero-order valence-corrected chi connectivity index (χ0v) is 34.7. The number of fused-ring (bicyclic) bond motifs is 8. The lowest BCUT2D eigenvalue weighted by Crippen LogP contribution is -2.16. The van der Waals surface area contributed by atoms with E-state index in [9.17, 15) is 0 Å². The summed E-state index contributed by atoms with van der Waals surface area (Å²) in [5.74, 6) is 0. The molecule has 62 heavy (non-hydrogen) atoms. The number of para-hydroxylation sites is 2. The molecule has 12 rings (SSSR count). The lowest BCUT2D eigenvalue weighted by Gasteiger charge is -2.28. The fourth-order valence-electron chi connectivity index (χ4n) is 10.1. The number of aromatic nitrogens is 2. The lowest BCUT2D eigenvalue weighted by molar-refractivity contribution is 0.660. The predicted molar refractivity (Wildman–Crippen MR) is 261 cm³/mol. The molecule has 2 heterocycles. The molecule has 9 aromatic carbocycles. The maximum absolute atomic E-state index is 2.44. The minimum absolute atomic E-state index is 0.104. The molecule has 0 aliphatic heterocycles. The largest absolute Gasteiger partial charge is 0.315 e. The fraction of sp³-hybridized carbons (Fsp3) is 0.0508. The number of anilines is 3. The third-order valence-electron chi connectivity index (χ3n) is 13.1. The smallest absolute Gasteiger partial charge is 0.0788 e. The van der Waals surface area contributed by atoms with Gasteiger partial charge in [-0.05, 0) is 123 Å². The third-order valence-corrected chi connectivity index (χ3v) is 13.1. The number of hydrogen-bond acceptors (Lipinski definition) is 1. The van der Waals surface area contributed by atoms with E-state index in [1.54, 1.807) is 0 Å². The van der Waals surface area contributed by atoms with Crippen LogP contribution in [-0.4, -0.2) is 9.13 Å². The number of rotatable bonds is 7. The lowest BCUT2D eigenvalue weighted by atomic mass is 9.82. The summed E-state index contributed by atoms with van der Waals surface area (Å²) in [7, 11) is 0. The predicted octanol–water partition coefficient (Wildman–Crippen LogP) is 15.8. The van der Waals surface area contributed by atoms with Gasteiger partial charge in [-0.2, -0.15) is 0 Å². The molecule has 0 radical (unpaired) electrons. The molecule has 11 aromatic rings. The van der Waals surface area contributed by atoms with Crippen molar-refractivity contribution in [3.8, 4) is 44.8 Å². The molecular weight excluding hydrogens is 751 g/mol. The summed E-state index contributed by atoms with van der Waals surface area (Å²) in [6, 6.07) is 79.8. The van der Waals surface area contributed by atoms with Gasteiger partial charge in [-0.1, -0.05) is 153 Å². The molecule has 0 atom stereocenters. The monoisotopic (exact) mass is 793 g/mol. The SMILES string of the molecule is CC1(C)c2ccccc2-c2ccc(N(c3ccc(-c4ccccc4)cc3)c3ccc(-c4ccc5c(c4)c4ccc6ccn(-c7ccccc7)c6c4n5-c4ccccc4)cc3)cc21. The van der Waals surface area contributed by atoms with E-state index in [4.69, 9.17) is 0 Å². The summed E-state index contributed by atoms with van der Waals surface area (Å²) in [5, 5.41) is 3.68. The number of nitrogens with zero attached hydrogens (tertiary/aromatic N) is 3. The maximum Gasteiger partial charge on any atom is 0.0788 e. The van der Waals surface area contributed by atoms with Crippen molar-refractivity contribution < 1.29 is 0 Å². The normalized spacial score (nSPS) is 12.8. The summed E-state index contributed by atoms with van der Waals surface area (Å²) in [4.78, 5) is 2.40. The Morgan fingerprint density at radius 1 is 0.387 bits per heavy atom. The topological polar surface area (TPSA) is 13.1 Å². The third kappa shape index (κ3) is 5.66. The van der Waals surface area contributed by atoms with Crippen molar-refractivity contribution in [2.24, 2.45) is 0 Å². The Hall–Kier alpha value is -7.88. The first kappa shape index (κ1) is 36.0. The highest BCUT2D eigenvalue weighted by Crippen LogP contribution is 2.51. The first-order valence-corrected chi connectivity index (χ1v) is 21.5. The van der Waals surface area contributed by atoms with E-state index in [1.807, 2.05) is 0 Å². The van der Waals surface area contributed by atoms with E-state index in [-0.39, 0.29) is 5.41 Å². The molecule has 0 saturated carbocycles. The molecule has 1 aliphatic carbocycles. The second-order valence-corrected chi connectivity index (χ2v) is 17.0. The Morgan fingerprint density at radius 3 is 1.66 bits per heavy atom. The Labute approximate surface area is 362 Å².